The third-order valence-corrected chi connectivity index (χ3v) is 9.51. The highest BCUT2D eigenvalue weighted by Crippen LogP contribution is 2.75. The van der Waals surface area contributed by atoms with Crippen molar-refractivity contribution in [1.82, 2.24) is 34.4 Å². The fourth-order valence-electron chi connectivity index (χ4n) is 7.41. The van der Waals surface area contributed by atoms with Crippen LogP contribution < -0.4 is 10.2 Å². The van der Waals surface area contributed by atoms with Crippen molar-refractivity contribution in [3.05, 3.63) is 35.9 Å². The number of anilines is 1. The number of morpholine rings is 1. The molecule has 4 heterocycles. The lowest BCUT2D eigenvalue weighted by atomic mass is 9.69. The maximum atomic E-state index is 5.64. The van der Waals surface area contributed by atoms with Gasteiger partial charge < -0.3 is 19.5 Å². The number of para-hydroxylation sites is 2. The molecule has 4 fully saturated rings. The first-order valence-electron chi connectivity index (χ1n) is 13.4. The normalized spacial score (nSPS) is 28.9. The van der Waals surface area contributed by atoms with Gasteiger partial charge in [-0.3, -0.25) is 4.57 Å². The first kappa shape index (κ1) is 21.1. The van der Waals surface area contributed by atoms with Crippen LogP contribution in [0.5, 0.6) is 0 Å². The van der Waals surface area contributed by atoms with Crippen molar-refractivity contribution in [2.45, 2.75) is 45.2 Å². The Hall–Kier alpha value is -3.04. The Bertz CT molecular complexity index is 1500. The zero-order valence-electron chi connectivity index (χ0n) is 20.9. The highest BCUT2D eigenvalue weighted by Gasteiger charge is 2.70. The van der Waals surface area contributed by atoms with Gasteiger partial charge in [0.2, 0.25) is 5.95 Å². The summed E-state index contributed by atoms with van der Waals surface area (Å²) in [5.41, 5.74) is 4.42. The maximum absolute atomic E-state index is 5.64. The fourth-order valence-corrected chi connectivity index (χ4v) is 7.41. The van der Waals surface area contributed by atoms with Crippen LogP contribution in [0.2, 0.25) is 0 Å². The summed E-state index contributed by atoms with van der Waals surface area (Å²) >= 11 is 0. The molecule has 3 aliphatic carbocycles. The summed E-state index contributed by atoms with van der Waals surface area (Å²) in [5.74, 6) is 5.28. The molecular weight excluding hydrogens is 452 g/mol. The number of nitrogens with one attached hydrogen (secondary N) is 1. The van der Waals surface area contributed by atoms with Gasteiger partial charge in [0.25, 0.3) is 0 Å². The smallest absolute Gasteiger partial charge is 0.239 e. The number of nitrogens with zero attached hydrogens (tertiary/aromatic N) is 7. The molecule has 8 rings (SSSR count). The topological polar surface area (TPSA) is 85.9 Å². The number of hydrogen-bond acceptors (Lipinski definition) is 7. The Balaban J connectivity index is 1.21. The molecule has 1 N–H and O–H groups in total. The monoisotopic (exact) mass is 484 g/mol. The lowest BCUT2D eigenvalue weighted by Gasteiger charge is -2.38. The predicted molar refractivity (Wildman–Crippen MR) is 137 cm³/mol. The van der Waals surface area contributed by atoms with Gasteiger partial charge in [-0.1, -0.05) is 12.1 Å². The van der Waals surface area contributed by atoms with E-state index in [0.29, 0.717) is 25.2 Å². The van der Waals surface area contributed by atoms with Crippen molar-refractivity contribution in [2.24, 2.45) is 24.3 Å². The maximum Gasteiger partial charge on any atom is 0.239 e. The number of rotatable bonds is 5. The summed E-state index contributed by atoms with van der Waals surface area (Å²) in [4.78, 5) is 22.3. The average molecular weight is 485 g/mol. The first-order valence-corrected chi connectivity index (χ1v) is 13.4. The van der Waals surface area contributed by atoms with E-state index in [1.54, 1.807) is 0 Å². The second-order valence-electron chi connectivity index (χ2n) is 11.2. The van der Waals surface area contributed by atoms with Gasteiger partial charge >= 0.3 is 0 Å². The van der Waals surface area contributed by atoms with Crippen molar-refractivity contribution in [2.75, 3.05) is 31.2 Å². The molecule has 4 aliphatic rings. The van der Waals surface area contributed by atoms with Gasteiger partial charge in [-0.25, -0.2) is 9.97 Å². The summed E-state index contributed by atoms with van der Waals surface area (Å²) in [6.07, 6.45) is 5.66. The van der Waals surface area contributed by atoms with Gasteiger partial charge in [0.1, 0.15) is 11.6 Å². The van der Waals surface area contributed by atoms with Gasteiger partial charge in [0.05, 0.1) is 30.8 Å². The van der Waals surface area contributed by atoms with E-state index in [-0.39, 0.29) is 0 Å². The van der Waals surface area contributed by atoms with Crippen LogP contribution in [-0.4, -0.2) is 61.4 Å². The Morgan fingerprint density at radius 1 is 1.11 bits per heavy atom. The zero-order valence-corrected chi connectivity index (χ0v) is 20.9. The van der Waals surface area contributed by atoms with Crippen LogP contribution in [0.25, 0.3) is 28.1 Å². The number of fused-ring (bicyclic) bond motifs is 2. The van der Waals surface area contributed by atoms with Crippen molar-refractivity contribution < 1.29 is 4.74 Å². The van der Waals surface area contributed by atoms with E-state index in [2.05, 4.69) is 32.5 Å². The second kappa shape index (κ2) is 7.49. The quantitative estimate of drug-likeness (QED) is 0.466. The number of ether oxygens (including phenoxy) is 1. The molecule has 0 amide bonds. The van der Waals surface area contributed by atoms with Crippen LogP contribution in [0.15, 0.2) is 24.3 Å². The molecule has 1 saturated heterocycles. The van der Waals surface area contributed by atoms with Gasteiger partial charge in [0.15, 0.2) is 17.0 Å². The largest absolute Gasteiger partial charge is 0.378 e. The third-order valence-electron chi connectivity index (χ3n) is 9.51. The number of aromatic nitrogens is 6. The van der Waals surface area contributed by atoms with Crippen LogP contribution in [0.4, 0.5) is 5.82 Å². The molecule has 0 bridgehead atoms. The predicted octanol–water partition coefficient (Wildman–Crippen LogP) is 3.13. The minimum atomic E-state index is 0.637. The summed E-state index contributed by atoms with van der Waals surface area (Å²) in [6, 6.07) is 8.80. The minimum Gasteiger partial charge on any atom is -0.378 e. The number of imidazole rings is 2. The molecule has 9 nitrogen and oxygen atoms in total. The molecular formula is C27H32N8O. The molecule has 186 valence electrons. The van der Waals surface area contributed by atoms with Crippen molar-refractivity contribution in [3.63, 3.8) is 0 Å². The van der Waals surface area contributed by atoms with Gasteiger partial charge in [-0.05, 0) is 62.0 Å². The molecule has 1 spiro atoms. The second-order valence-corrected chi connectivity index (χ2v) is 11.2. The summed E-state index contributed by atoms with van der Waals surface area (Å²) < 4.78 is 9.85. The third kappa shape index (κ3) is 2.90. The van der Waals surface area contributed by atoms with Gasteiger partial charge in [-0.2, -0.15) is 9.97 Å². The molecule has 0 radical (unpaired) electrons. The van der Waals surface area contributed by atoms with E-state index in [9.17, 15) is 0 Å². The molecule has 1 aromatic carbocycles. The minimum absolute atomic E-state index is 0.637. The van der Waals surface area contributed by atoms with E-state index in [1.165, 1.54) is 25.7 Å². The number of hydrogen-bond donors (Lipinski definition) is 1. The zero-order chi connectivity index (χ0) is 24.0. The molecule has 3 aromatic heterocycles. The average Bonchev–Trinajstić information content (AvgIpc) is 3.34. The van der Waals surface area contributed by atoms with Crippen molar-refractivity contribution in [3.8, 4) is 5.95 Å². The van der Waals surface area contributed by atoms with Crippen LogP contribution >= 0.6 is 0 Å². The molecule has 3 saturated carbocycles. The standard InChI is InChI=1S/C27H32N8O/c1-16-29-19-5-3-4-6-21(19)35(16)26-31-24-23(25(32-26)34-9-11-36-12-10-34)30-22(33(24)2)15-28-20-13-17-14-27(17)8-7-18(20)27/h3-6,17-18,20,28H,7-15H2,1-2H3/t17?,18?,20?,27-/m0/s1. The Labute approximate surface area is 209 Å². The van der Waals surface area contributed by atoms with E-state index in [0.717, 1.165) is 76.5 Å². The summed E-state index contributed by atoms with van der Waals surface area (Å²) in [6.45, 7) is 5.77. The fraction of sp³-hybridized carbons (Fsp3) is 0.556. The Morgan fingerprint density at radius 3 is 2.78 bits per heavy atom. The van der Waals surface area contributed by atoms with Gasteiger partial charge in [0, 0.05) is 26.2 Å². The lowest BCUT2D eigenvalue weighted by Crippen LogP contribution is -2.41. The molecule has 4 aromatic rings. The van der Waals surface area contributed by atoms with E-state index in [1.807, 2.05) is 25.1 Å². The van der Waals surface area contributed by atoms with Crippen LogP contribution in [0.1, 0.15) is 37.3 Å². The Kier molecular flexibility index (Phi) is 4.39. The molecule has 1 aliphatic heterocycles. The van der Waals surface area contributed by atoms with Crippen molar-refractivity contribution in [1.29, 1.82) is 0 Å². The van der Waals surface area contributed by atoms with E-state index in [4.69, 9.17) is 24.7 Å². The van der Waals surface area contributed by atoms with E-state index >= 15 is 0 Å². The van der Waals surface area contributed by atoms with Crippen LogP contribution in [0, 0.1) is 24.2 Å². The first-order chi connectivity index (χ1) is 17.6. The Morgan fingerprint density at radius 2 is 1.97 bits per heavy atom. The lowest BCUT2D eigenvalue weighted by molar-refractivity contribution is 0.122. The number of aryl methyl sites for hydroxylation is 2. The molecule has 3 unspecified atom stereocenters. The molecule has 4 atom stereocenters. The SMILES string of the molecule is Cc1nc2ccccc2n1-c1nc(N2CCOCC2)c2nc(CNC3CC4C[C@@]45CCC35)n(C)c2n1. The van der Waals surface area contributed by atoms with E-state index < -0.39 is 0 Å². The summed E-state index contributed by atoms with van der Waals surface area (Å²) in [7, 11) is 2.09. The highest BCUT2D eigenvalue weighted by molar-refractivity contribution is 5.86. The van der Waals surface area contributed by atoms with Crippen LogP contribution in [-0.2, 0) is 18.3 Å². The van der Waals surface area contributed by atoms with Crippen LogP contribution in [0.3, 0.4) is 0 Å². The van der Waals surface area contributed by atoms with Crippen molar-refractivity contribution >= 4 is 28.0 Å². The van der Waals surface area contributed by atoms with Gasteiger partial charge in [-0.15, -0.1) is 0 Å². The molecule has 36 heavy (non-hydrogen) atoms. The summed E-state index contributed by atoms with van der Waals surface area (Å²) in [5, 5.41) is 3.88. The molecule has 9 heteroatoms. The highest BCUT2D eigenvalue weighted by atomic mass is 16.5. The number of benzene rings is 1.